The summed E-state index contributed by atoms with van der Waals surface area (Å²) in [7, 11) is 1.61. The molecule has 0 bridgehead atoms. The number of carbonyl (C=O) groups is 1. The molecule has 0 radical (unpaired) electrons. The average molecular weight is 312 g/mol. The number of nitrogens with one attached hydrogen (secondary N) is 1. The van der Waals surface area contributed by atoms with Crippen LogP contribution in [0.5, 0.6) is 11.5 Å². The molecule has 1 aliphatic rings. The zero-order valence-corrected chi connectivity index (χ0v) is 13.1. The van der Waals surface area contributed by atoms with Gasteiger partial charge < -0.3 is 14.8 Å². The smallest absolute Gasteiger partial charge is 0.322 e. The summed E-state index contributed by atoms with van der Waals surface area (Å²) in [6.45, 7) is 1.55. The van der Waals surface area contributed by atoms with Crippen molar-refractivity contribution in [3.63, 3.8) is 0 Å². The summed E-state index contributed by atoms with van der Waals surface area (Å²) in [5, 5.41) is 2.89. The Bertz CT molecular complexity index is 687. The molecule has 0 saturated heterocycles. The van der Waals surface area contributed by atoms with Gasteiger partial charge in [0.2, 0.25) is 0 Å². The lowest BCUT2D eigenvalue weighted by molar-refractivity contribution is 0.241. The van der Waals surface area contributed by atoms with Crippen molar-refractivity contribution in [3.05, 3.63) is 54.1 Å². The highest BCUT2D eigenvalue weighted by Crippen LogP contribution is 2.27. The van der Waals surface area contributed by atoms with Gasteiger partial charge in [0.1, 0.15) is 6.61 Å². The van der Waals surface area contributed by atoms with Gasteiger partial charge in [-0.15, -0.1) is 0 Å². The van der Waals surface area contributed by atoms with Crippen LogP contribution in [0, 0.1) is 0 Å². The number of fused-ring (bicyclic) bond motifs is 1. The Morgan fingerprint density at radius 3 is 2.70 bits per heavy atom. The van der Waals surface area contributed by atoms with E-state index in [0.29, 0.717) is 24.7 Å². The maximum absolute atomic E-state index is 12.3. The van der Waals surface area contributed by atoms with Crippen LogP contribution in [0.4, 0.5) is 10.5 Å². The van der Waals surface area contributed by atoms with Crippen LogP contribution in [0.15, 0.2) is 48.5 Å². The lowest BCUT2D eigenvalue weighted by Gasteiger charge is -2.18. The van der Waals surface area contributed by atoms with Gasteiger partial charge in [0.05, 0.1) is 13.7 Å². The second-order valence-electron chi connectivity index (χ2n) is 5.26. The van der Waals surface area contributed by atoms with Crippen molar-refractivity contribution in [2.45, 2.75) is 6.42 Å². The van der Waals surface area contributed by atoms with Crippen molar-refractivity contribution >= 4 is 11.7 Å². The van der Waals surface area contributed by atoms with Crippen molar-refractivity contribution in [2.24, 2.45) is 0 Å². The van der Waals surface area contributed by atoms with Crippen LogP contribution in [-0.4, -0.2) is 32.8 Å². The van der Waals surface area contributed by atoms with Crippen LogP contribution in [0.3, 0.4) is 0 Å². The first-order valence-corrected chi connectivity index (χ1v) is 7.68. The number of methoxy groups -OCH3 is 1. The van der Waals surface area contributed by atoms with Crippen molar-refractivity contribution in [3.8, 4) is 11.5 Å². The van der Waals surface area contributed by atoms with Crippen LogP contribution < -0.4 is 19.7 Å². The lowest BCUT2D eigenvalue weighted by atomic mass is 10.2. The summed E-state index contributed by atoms with van der Waals surface area (Å²) in [5.74, 6) is 1.36. The van der Waals surface area contributed by atoms with E-state index in [0.717, 1.165) is 18.7 Å². The molecule has 1 N–H and O–H groups in total. The van der Waals surface area contributed by atoms with Gasteiger partial charge in [0.15, 0.2) is 11.5 Å². The van der Waals surface area contributed by atoms with Gasteiger partial charge in [-0.25, -0.2) is 4.79 Å². The number of urea groups is 1. The first-order valence-electron chi connectivity index (χ1n) is 7.68. The zero-order valence-electron chi connectivity index (χ0n) is 13.1. The van der Waals surface area contributed by atoms with Crippen LogP contribution in [0.1, 0.15) is 5.56 Å². The first kappa shape index (κ1) is 15.2. The highest BCUT2D eigenvalue weighted by Gasteiger charge is 2.23. The van der Waals surface area contributed by atoms with E-state index in [1.807, 2.05) is 42.5 Å². The Morgan fingerprint density at radius 2 is 1.87 bits per heavy atom. The first-order chi connectivity index (χ1) is 11.3. The molecule has 5 heteroatoms. The number of nitrogens with zero attached hydrogens (tertiary/aromatic N) is 1. The third-order valence-electron chi connectivity index (χ3n) is 3.84. The SMILES string of the molecule is COc1ccccc1OCCNC(=O)N1CCc2ccccc21. The van der Waals surface area contributed by atoms with E-state index in [4.69, 9.17) is 9.47 Å². The minimum absolute atomic E-state index is 0.0847. The minimum atomic E-state index is -0.0847. The molecule has 0 unspecified atom stereocenters. The van der Waals surface area contributed by atoms with Gasteiger partial charge >= 0.3 is 6.03 Å². The molecule has 0 atom stereocenters. The molecule has 5 nitrogen and oxygen atoms in total. The van der Waals surface area contributed by atoms with Gasteiger partial charge in [0.25, 0.3) is 0 Å². The van der Waals surface area contributed by atoms with E-state index < -0.39 is 0 Å². The van der Waals surface area contributed by atoms with Gasteiger partial charge in [-0.3, -0.25) is 4.90 Å². The van der Waals surface area contributed by atoms with E-state index in [1.54, 1.807) is 12.0 Å². The molecule has 0 spiro atoms. The number of carbonyl (C=O) groups excluding carboxylic acids is 1. The zero-order chi connectivity index (χ0) is 16.1. The number of benzene rings is 2. The highest BCUT2D eigenvalue weighted by atomic mass is 16.5. The molecule has 1 heterocycles. The summed E-state index contributed by atoms with van der Waals surface area (Å²) in [4.78, 5) is 14.1. The standard InChI is InChI=1S/C18H20N2O3/c1-22-16-8-4-5-9-17(16)23-13-11-19-18(21)20-12-10-14-6-2-3-7-15(14)20/h2-9H,10-13H2,1H3,(H,19,21). The molecule has 0 aromatic heterocycles. The van der Waals surface area contributed by atoms with E-state index in [2.05, 4.69) is 11.4 Å². The van der Waals surface area contributed by atoms with Crippen LogP contribution in [0.2, 0.25) is 0 Å². The Hall–Kier alpha value is -2.69. The maximum atomic E-state index is 12.3. The molecule has 0 aliphatic carbocycles. The topological polar surface area (TPSA) is 50.8 Å². The summed E-state index contributed by atoms with van der Waals surface area (Å²) in [5.41, 5.74) is 2.21. The van der Waals surface area contributed by atoms with Crippen molar-refractivity contribution in [2.75, 3.05) is 31.7 Å². The number of hydrogen-bond donors (Lipinski definition) is 1. The Kier molecular flexibility index (Phi) is 4.66. The number of amides is 2. The van der Waals surface area contributed by atoms with Gasteiger partial charge in [-0.1, -0.05) is 30.3 Å². The molecule has 23 heavy (non-hydrogen) atoms. The fourth-order valence-electron chi connectivity index (χ4n) is 2.70. The summed E-state index contributed by atoms with van der Waals surface area (Å²) < 4.78 is 10.9. The Labute approximate surface area is 135 Å². The summed E-state index contributed by atoms with van der Waals surface area (Å²) >= 11 is 0. The van der Waals surface area contributed by atoms with Crippen molar-refractivity contribution in [1.82, 2.24) is 5.32 Å². The second kappa shape index (κ2) is 7.05. The van der Waals surface area contributed by atoms with E-state index in [9.17, 15) is 4.79 Å². The van der Waals surface area contributed by atoms with Gasteiger partial charge in [-0.2, -0.15) is 0 Å². The third-order valence-corrected chi connectivity index (χ3v) is 3.84. The number of anilines is 1. The van der Waals surface area contributed by atoms with E-state index in [1.165, 1.54) is 5.56 Å². The molecule has 0 saturated carbocycles. The quantitative estimate of drug-likeness (QED) is 0.864. The molecular formula is C18H20N2O3. The predicted molar refractivity (Wildman–Crippen MR) is 89.4 cm³/mol. The van der Waals surface area contributed by atoms with Crippen LogP contribution in [-0.2, 0) is 6.42 Å². The molecule has 0 fully saturated rings. The Morgan fingerprint density at radius 1 is 1.13 bits per heavy atom. The Balaban J connectivity index is 1.49. The molecule has 3 rings (SSSR count). The third kappa shape index (κ3) is 3.39. The molecular weight excluding hydrogens is 292 g/mol. The fourth-order valence-corrected chi connectivity index (χ4v) is 2.70. The van der Waals surface area contributed by atoms with Crippen LogP contribution in [0.25, 0.3) is 0 Å². The molecule has 2 aromatic rings. The van der Waals surface area contributed by atoms with E-state index >= 15 is 0 Å². The largest absolute Gasteiger partial charge is 0.493 e. The second-order valence-corrected chi connectivity index (χ2v) is 5.26. The normalized spacial score (nSPS) is 12.7. The number of para-hydroxylation sites is 3. The number of ether oxygens (including phenoxy) is 2. The number of hydrogen-bond acceptors (Lipinski definition) is 3. The summed E-state index contributed by atoms with van der Waals surface area (Å²) in [6, 6.07) is 15.4. The molecule has 1 aliphatic heterocycles. The summed E-state index contributed by atoms with van der Waals surface area (Å²) in [6.07, 6.45) is 0.904. The fraction of sp³-hybridized carbons (Fsp3) is 0.278. The van der Waals surface area contributed by atoms with Gasteiger partial charge in [-0.05, 0) is 30.2 Å². The van der Waals surface area contributed by atoms with Crippen molar-refractivity contribution < 1.29 is 14.3 Å². The van der Waals surface area contributed by atoms with Crippen molar-refractivity contribution in [1.29, 1.82) is 0 Å². The number of rotatable bonds is 5. The molecule has 2 aromatic carbocycles. The lowest BCUT2D eigenvalue weighted by Crippen LogP contribution is -2.40. The highest BCUT2D eigenvalue weighted by molar-refractivity contribution is 5.94. The molecule has 2 amide bonds. The average Bonchev–Trinajstić information content (AvgIpc) is 3.03. The van der Waals surface area contributed by atoms with Crippen LogP contribution >= 0.6 is 0 Å². The van der Waals surface area contributed by atoms with Gasteiger partial charge in [0, 0.05) is 12.2 Å². The van der Waals surface area contributed by atoms with E-state index in [-0.39, 0.29) is 6.03 Å². The maximum Gasteiger partial charge on any atom is 0.322 e. The molecule has 120 valence electrons. The predicted octanol–water partition coefficient (Wildman–Crippen LogP) is 2.85. The monoisotopic (exact) mass is 312 g/mol. The minimum Gasteiger partial charge on any atom is -0.493 e.